The van der Waals surface area contributed by atoms with Crippen molar-refractivity contribution in [3.8, 4) is 11.1 Å². The van der Waals surface area contributed by atoms with Crippen LogP contribution >= 0.6 is 0 Å². The van der Waals surface area contributed by atoms with Crippen LogP contribution in [-0.4, -0.2) is 53.7 Å². The van der Waals surface area contributed by atoms with Crippen molar-refractivity contribution in [1.29, 1.82) is 0 Å². The average molecular weight is 1010 g/mol. The van der Waals surface area contributed by atoms with Gasteiger partial charge in [0.2, 0.25) is 0 Å². The number of carbonyl (C=O) groups is 9. The zero-order chi connectivity index (χ0) is 52.9. The Labute approximate surface area is 427 Å². The second-order valence-corrected chi connectivity index (χ2v) is 20.3. The molecule has 3 atom stereocenters. The third kappa shape index (κ3) is 12.9. The summed E-state index contributed by atoms with van der Waals surface area (Å²) >= 11 is 0. The van der Waals surface area contributed by atoms with Gasteiger partial charge in [-0.25, -0.2) is 0 Å². The Morgan fingerprint density at radius 1 is 0.311 bits per heavy atom. The summed E-state index contributed by atoms with van der Waals surface area (Å²) in [6, 6.07) is 31.5. The maximum atomic E-state index is 11.7. The predicted octanol–water partition coefficient (Wildman–Crippen LogP) is 9.72. The van der Waals surface area contributed by atoms with Gasteiger partial charge in [0.15, 0.2) is 0 Å². The topological polar surface area (TPSA) is 209 Å². The molecule has 0 N–H and O–H groups in total. The van der Waals surface area contributed by atoms with E-state index in [1.165, 1.54) is 0 Å². The fourth-order valence-corrected chi connectivity index (χ4v) is 10.5. The number of benzene rings is 4. The Bertz CT molecular complexity index is 2650. The first-order valence-corrected chi connectivity index (χ1v) is 24.5. The minimum absolute atomic E-state index is 0.0701. The van der Waals surface area contributed by atoms with Crippen molar-refractivity contribution in [2.75, 3.05) is 0 Å². The molecule has 4 aromatic rings. The van der Waals surface area contributed by atoms with Crippen LogP contribution in [0, 0.1) is 0 Å². The molecule has 0 aromatic heterocycles. The molecule has 3 unspecified atom stereocenters. The van der Waals surface area contributed by atoms with Gasteiger partial charge in [-0.2, -0.15) is 0 Å². The fraction of sp³-hybridized carbons (Fsp3) is 0.339. The summed E-state index contributed by atoms with van der Waals surface area (Å²) in [6.07, 6.45) is 4.13. The van der Waals surface area contributed by atoms with Crippen LogP contribution in [0.25, 0.3) is 11.1 Å². The minimum Gasteiger partial charge on any atom is -0.432 e. The van der Waals surface area contributed by atoms with Crippen molar-refractivity contribution in [2.24, 2.45) is 0 Å². The fourth-order valence-electron chi connectivity index (χ4n) is 10.5. The molecule has 74 heavy (non-hydrogen) atoms. The van der Waals surface area contributed by atoms with Gasteiger partial charge in [0.05, 0.1) is 57.8 Å². The van der Waals surface area contributed by atoms with Crippen LogP contribution < -0.4 is 0 Å². The van der Waals surface area contributed by atoms with E-state index in [1.807, 2.05) is 111 Å². The second kappa shape index (κ2) is 22.0. The van der Waals surface area contributed by atoms with Crippen molar-refractivity contribution in [1.82, 2.24) is 0 Å². The lowest BCUT2D eigenvalue weighted by Crippen LogP contribution is -2.37. The Balaban J connectivity index is 0.000000149. The number of rotatable bonds is 7. The van der Waals surface area contributed by atoms with Crippen molar-refractivity contribution in [2.45, 2.75) is 125 Å². The molecule has 0 aliphatic carbocycles. The van der Waals surface area contributed by atoms with E-state index < -0.39 is 41.2 Å². The molecule has 0 bridgehead atoms. The van der Waals surface area contributed by atoms with Crippen molar-refractivity contribution in [3.63, 3.8) is 0 Å². The summed E-state index contributed by atoms with van der Waals surface area (Å²) in [4.78, 5) is 104. The molecule has 6 aliphatic heterocycles. The van der Waals surface area contributed by atoms with E-state index in [2.05, 4.69) is 33.9 Å². The van der Waals surface area contributed by atoms with Crippen LogP contribution in [0.15, 0.2) is 134 Å². The number of carbonyl (C=O) groups excluding carboxylic acids is 9. The van der Waals surface area contributed by atoms with Gasteiger partial charge in [0.25, 0.3) is 0 Å². The second-order valence-electron chi connectivity index (χ2n) is 20.3. The standard InChI is InChI=1S/C23H20O5.C19H20O5.C17H16O5/c1-14-10-19(11-21(24)27-14)17-6-2-15(3-7-17)16-4-8-18(9-5-16)20-12-22(25)28-23(26)13-20;1-12-8-18(2,9-15(20)23-12)13-4-6-14(7-5-13)19(3)10-16(21)24-17(22)11-19;1-10-6-13(7-15(18)21-10)11-2-4-12(5-3-11)14-8-16(19)22-17(20)9-14/h2-9,19-20H,1,10-13H2;4-7H,1,8-11H2,2-3H3;2-5,13-14H,1,6-9H2. The van der Waals surface area contributed by atoms with E-state index in [0.717, 1.165) is 44.5 Å². The molecule has 0 saturated carbocycles. The first-order chi connectivity index (χ1) is 35.2. The van der Waals surface area contributed by atoms with Crippen LogP contribution in [0.5, 0.6) is 0 Å². The molecule has 0 amide bonds. The molecule has 10 rings (SSSR count). The molecular formula is C59H56O15. The molecule has 15 nitrogen and oxygen atoms in total. The van der Waals surface area contributed by atoms with Crippen molar-refractivity contribution >= 4 is 53.7 Å². The van der Waals surface area contributed by atoms with Crippen LogP contribution in [0.2, 0.25) is 0 Å². The van der Waals surface area contributed by atoms with E-state index in [-0.39, 0.29) is 85.5 Å². The molecule has 6 fully saturated rings. The van der Waals surface area contributed by atoms with Gasteiger partial charge >= 0.3 is 53.7 Å². The van der Waals surface area contributed by atoms with Gasteiger partial charge < -0.3 is 28.4 Å². The zero-order valence-corrected chi connectivity index (χ0v) is 41.3. The Morgan fingerprint density at radius 2 is 0.554 bits per heavy atom. The summed E-state index contributed by atoms with van der Waals surface area (Å²) < 4.78 is 28.8. The molecule has 0 radical (unpaired) electrons. The lowest BCUT2D eigenvalue weighted by Gasteiger charge is -2.35. The Kier molecular flexibility index (Phi) is 15.5. The average Bonchev–Trinajstić information content (AvgIpc) is 3.33. The summed E-state index contributed by atoms with van der Waals surface area (Å²) in [5.41, 5.74) is 7.15. The van der Waals surface area contributed by atoms with Crippen LogP contribution in [0.4, 0.5) is 0 Å². The van der Waals surface area contributed by atoms with Crippen LogP contribution in [0.1, 0.15) is 148 Å². The van der Waals surface area contributed by atoms with E-state index >= 15 is 0 Å². The lowest BCUT2D eigenvalue weighted by atomic mass is 9.72. The number of ether oxygens (including phenoxy) is 6. The highest BCUT2D eigenvalue weighted by atomic mass is 16.6. The molecule has 382 valence electrons. The quantitative estimate of drug-likeness (QED) is 0.0959. The highest BCUT2D eigenvalue weighted by molar-refractivity contribution is 5.91. The molecule has 15 heteroatoms. The molecule has 0 spiro atoms. The smallest absolute Gasteiger partial charge is 0.314 e. The first kappa shape index (κ1) is 52.3. The molecular weight excluding hydrogens is 949 g/mol. The van der Waals surface area contributed by atoms with Crippen LogP contribution in [0.3, 0.4) is 0 Å². The molecule has 6 saturated heterocycles. The largest absolute Gasteiger partial charge is 0.432 e. The number of esters is 9. The van der Waals surface area contributed by atoms with Crippen molar-refractivity contribution in [3.05, 3.63) is 167 Å². The van der Waals surface area contributed by atoms with E-state index in [1.54, 1.807) is 0 Å². The zero-order valence-electron chi connectivity index (χ0n) is 41.3. The lowest BCUT2D eigenvalue weighted by molar-refractivity contribution is -0.167. The van der Waals surface area contributed by atoms with Gasteiger partial charge in [-0.15, -0.1) is 0 Å². The summed E-state index contributed by atoms with van der Waals surface area (Å²) in [7, 11) is 0. The van der Waals surface area contributed by atoms with Crippen LogP contribution in [-0.2, 0) is 82.4 Å². The number of hydrogen-bond acceptors (Lipinski definition) is 15. The van der Waals surface area contributed by atoms with E-state index in [9.17, 15) is 43.2 Å². The predicted molar refractivity (Wildman–Crippen MR) is 265 cm³/mol. The maximum absolute atomic E-state index is 11.7. The normalized spacial score (nSPS) is 23.4. The van der Waals surface area contributed by atoms with Crippen molar-refractivity contribution < 1.29 is 71.6 Å². The summed E-state index contributed by atoms with van der Waals surface area (Å²) in [5, 5.41) is 0. The first-order valence-electron chi connectivity index (χ1n) is 24.5. The summed E-state index contributed by atoms with van der Waals surface area (Å²) in [6.45, 7) is 15.2. The Morgan fingerprint density at radius 3 is 0.865 bits per heavy atom. The van der Waals surface area contributed by atoms with Gasteiger partial charge in [0, 0.05) is 53.8 Å². The number of hydrogen-bond donors (Lipinski definition) is 0. The molecule has 6 aliphatic rings. The highest BCUT2D eigenvalue weighted by Crippen LogP contribution is 2.42. The third-order valence-corrected chi connectivity index (χ3v) is 14.3. The summed E-state index contributed by atoms with van der Waals surface area (Å²) in [5.74, 6) is -2.21. The van der Waals surface area contributed by atoms with E-state index in [0.29, 0.717) is 55.8 Å². The molecule has 4 aromatic carbocycles. The van der Waals surface area contributed by atoms with Gasteiger partial charge in [0.1, 0.15) is 17.3 Å². The third-order valence-electron chi connectivity index (χ3n) is 14.3. The van der Waals surface area contributed by atoms with E-state index in [4.69, 9.17) is 14.2 Å². The highest BCUT2D eigenvalue weighted by Gasteiger charge is 2.41. The Hall–Kier alpha value is -8.07. The monoisotopic (exact) mass is 1000 g/mol. The number of cyclic esters (lactones) is 9. The molecule has 6 heterocycles. The SMILES string of the molecule is C=C1CC(C)(c2ccc(C3(C)CC(=O)OC(=O)C3)cc2)CC(=O)O1.C=C1CC(c2ccc(-c3ccc(C4CC(=O)OC(=O)C4)cc3)cc2)CC(=O)O1.C=C1CC(c2ccc(C3CC(=O)OC(=O)C3)cc2)CC(=O)O1. The number of allylic oxidation sites excluding steroid dienone is 3. The van der Waals surface area contributed by atoms with Gasteiger partial charge in [-0.3, -0.25) is 43.2 Å². The van der Waals surface area contributed by atoms with Gasteiger partial charge in [-0.1, -0.05) is 131 Å². The van der Waals surface area contributed by atoms with Gasteiger partial charge in [-0.05, 0) is 44.5 Å². The minimum atomic E-state index is -0.555. The maximum Gasteiger partial charge on any atom is 0.314 e.